The summed E-state index contributed by atoms with van der Waals surface area (Å²) in [6.45, 7) is 0. The molecule has 3 aromatic carbocycles. The quantitative estimate of drug-likeness (QED) is 0.498. The van der Waals surface area contributed by atoms with Crippen LogP contribution in [0.5, 0.6) is 5.75 Å². The molecular formula is C16H13NO. The van der Waals surface area contributed by atoms with E-state index in [9.17, 15) is 5.11 Å². The second kappa shape index (κ2) is 4.08. The van der Waals surface area contributed by atoms with E-state index >= 15 is 0 Å². The van der Waals surface area contributed by atoms with Crippen LogP contribution in [0.1, 0.15) is 0 Å². The van der Waals surface area contributed by atoms with Crippen LogP contribution in [0.25, 0.3) is 21.9 Å². The molecule has 0 aliphatic rings. The molecule has 0 heterocycles. The van der Waals surface area contributed by atoms with Gasteiger partial charge in [0.2, 0.25) is 0 Å². The molecule has 0 bridgehead atoms. The van der Waals surface area contributed by atoms with E-state index in [1.54, 1.807) is 0 Å². The van der Waals surface area contributed by atoms with Gasteiger partial charge < -0.3 is 10.8 Å². The first-order valence-corrected chi connectivity index (χ1v) is 5.83. The Bertz CT molecular complexity index is 705. The van der Waals surface area contributed by atoms with Gasteiger partial charge in [0.05, 0.1) is 5.69 Å². The van der Waals surface area contributed by atoms with Crippen molar-refractivity contribution in [2.24, 2.45) is 0 Å². The van der Waals surface area contributed by atoms with Crippen LogP contribution in [-0.4, -0.2) is 5.11 Å². The zero-order valence-electron chi connectivity index (χ0n) is 9.80. The minimum atomic E-state index is 0.159. The fourth-order valence-corrected chi connectivity index (χ4v) is 2.20. The van der Waals surface area contributed by atoms with Crippen molar-refractivity contribution >= 4 is 16.5 Å². The third kappa shape index (κ3) is 1.59. The summed E-state index contributed by atoms with van der Waals surface area (Å²) in [4.78, 5) is 0. The zero-order chi connectivity index (χ0) is 12.5. The standard InChI is InChI=1S/C16H13NO/c17-15-14(11-6-2-1-3-7-11)10-12-8-4-5-9-13(12)16(15)18/h1-10,18H,17H2. The first-order valence-electron chi connectivity index (χ1n) is 5.83. The molecule has 3 aromatic rings. The van der Waals surface area contributed by atoms with Gasteiger partial charge in [-0.2, -0.15) is 0 Å². The molecule has 0 atom stereocenters. The molecule has 2 nitrogen and oxygen atoms in total. The van der Waals surface area contributed by atoms with Crippen LogP contribution in [-0.2, 0) is 0 Å². The Hall–Kier alpha value is -2.48. The Morgan fingerprint density at radius 2 is 1.50 bits per heavy atom. The van der Waals surface area contributed by atoms with E-state index < -0.39 is 0 Å². The predicted octanol–water partition coefficient (Wildman–Crippen LogP) is 3.79. The van der Waals surface area contributed by atoms with Crippen LogP contribution in [0, 0.1) is 0 Å². The SMILES string of the molecule is Nc1c(-c2ccccc2)cc2ccccc2c1O. The van der Waals surface area contributed by atoms with Crippen LogP contribution >= 0.6 is 0 Å². The van der Waals surface area contributed by atoms with Crippen molar-refractivity contribution in [2.75, 3.05) is 5.73 Å². The van der Waals surface area contributed by atoms with Crippen LogP contribution in [0.15, 0.2) is 60.7 Å². The van der Waals surface area contributed by atoms with Crippen molar-refractivity contribution in [1.29, 1.82) is 0 Å². The molecule has 0 amide bonds. The molecule has 88 valence electrons. The van der Waals surface area contributed by atoms with Gasteiger partial charge in [-0.25, -0.2) is 0 Å². The number of nitrogen functional groups attached to an aromatic ring is 1. The predicted molar refractivity (Wildman–Crippen MR) is 75.5 cm³/mol. The zero-order valence-corrected chi connectivity index (χ0v) is 9.80. The number of phenolic OH excluding ortho intramolecular Hbond substituents is 1. The highest BCUT2D eigenvalue weighted by molar-refractivity contribution is 5.99. The minimum Gasteiger partial charge on any atom is -0.505 e. The van der Waals surface area contributed by atoms with Gasteiger partial charge in [0.25, 0.3) is 0 Å². The second-order valence-electron chi connectivity index (χ2n) is 4.27. The van der Waals surface area contributed by atoms with Gasteiger partial charge in [0.15, 0.2) is 0 Å². The Kier molecular flexibility index (Phi) is 2.41. The summed E-state index contributed by atoms with van der Waals surface area (Å²) in [7, 11) is 0. The lowest BCUT2D eigenvalue weighted by molar-refractivity contribution is 0.484. The van der Waals surface area contributed by atoms with Gasteiger partial charge in [-0.1, -0.05) is 54.6 Å². The molecule has 3 N–H and O–H groups in total. The van der Waals surface area contributed by atoms with E-state index in [2.05, 4.69) is 0 Å². The highest BCUT2D eigenvalue weighted by Crippen LogP contribution is 2.38. The van der Waals surface area contributed by atoms with E-state index in [0.29, 0.717) is 5.69 Å². The third-order valence-electron chi connectivity index (χ3n) is 3.15. The third-order valence-corrected chi connectivity index (χ3v) is 3.15. The first kappa shape index (κ1) is 10.7. The lowest BCUT2D eigenvalue weighted by atomic mass is 9.98. The topological polar surface area (TPSA) is 46.2 Å². The van der Waals surface area contributed by atoms with E-state index in [1.807, 2.05) is 60.7 Å². The Morgan fingerprint density at radius 1 is 0.833 bits per heavy atom. The minimum absolute atomic E-state index is 0.159. The van der Waals surface area contributed by atoms with Gasteiger partial charge in [0, 0.05) is 10.9 Å². The van der Waals surface area contributed by atoms with Crippen molar-refractivity contribution in [1.82, 2.24) is 0 Å². The molecule has 0 saturated heterocycles. The largest absolute Gasteiger partial charge is 0.505 e. The fraction of sp³-hybridized carbons (Fsp3) is 0. The fourth-order valence-electron chi connectivity index (χ4n) is 2.20. The maximum Gasteiger partial charge on any atom is 0.146 e. The molecule has 0 aliphatic carbocycles. The summed E-state index contributed by atoms with van der Waals surface area (Å²) in [5.41, 5.74) is 8.34. The lowest BCUT2D eigenvalue weighted by Gasteiger charge is -2.11. The normalized spacial score (nSPS) is 10.7. The summed E-state index contributed by atoms with van der Waals surface area (Å²) in [6, 6.07) is 19.6. The number of nitrogens with two attached hydrogens (primary N) is 1. The van der Waals surface area contributed by atoms with Crippen LogP contribution in [0.2, 0.25) is 0 Å². The maximum absolute atomic E-state index is 10.2. The van der Waals surface area contributed by atoms with Crippen molar-refractivity contribution in [3.63, 3.8) is 0 Å². The molecule has 0 spiro atoms. The molecule has 0 radical (unpaired) electrons. The number of anilines is 1. The molecule has 0 aliphatic heterocycles. The summed E-state index contributed by atoms with van der Waals surface area (Å²) < 4.78 is 0. The number of phenols is 1. The van der Waals surface area contributed by atoms with Crippen LogP contribution in [0.4, 0.5) is 5.69 Å². The van der Waals surface area contributed by atoms with Gasteiger partial charge in [-0.15, -0.1) is 0 Å². The van der Waals surface area contributed by atoms with Gasteiger partial charge in [0.1, 0.15) is 5.75 Å². The Morgan fingerprint density at radius 3 is 2.28 bits per heavy atom. The second-order valence-corrected chi connectivity index (χ2v) is 4.27. The Balaban J connectivity index is 2.34. The first-order chi connectivity index (χ1) is 8.77. The van der Waals surface area contributed by atoms with E-state index in [1.165, 1.54) is 0 Å². The lowest BCUT2D eigenvalue weighted by Crippen LogP contribution is -1.92. The number of hydrogen-bond acceptors (Lipinski definition) is 2. The van der Waals surface area contributed by atoms with Gasteiger partial charge in [-0.05, 0) is 17.0 Å². The summed E-state index contributed by atoms with van der Waals surface area (Å²) in [6.07, 6.45) is 0. The number of benzene rings is 3. The molecule has 2 heteroatoms. The molecule has 3 rings (SSSR count). The van der Waals surface area contributed by atoms with Crippen molar-refractivity contribution < 1.29 is 5.11 Å². The van der Waals surface area contributed by atoms with Gasteiger partial charge >= 0.3 is 0 Å². The number of hydrogen-bond donors (Lipinski definition) is 2. The van der Waals surface area contributed by atoms with E-state index in [0.717, 1.165) is 21.9 Å². The van der Waals surface area contributed by atoms with Crippen molar-refractivity contribution in [3.8, 4) is 16.9 Å². The molecule has 0 unspecified atom stereocenters. The molecular weight excluding hydrogens is 222 g/mol. The smallest absolute Gasteiger partial charge is 0.146 e. The van der Waals surface area contributed by atoms with E-state index in [4.69, 9.17) is 5.73 Å². The van der Waals surface area contributed by atoms with Gasteiger partial charge in [-0.3, -0.25) is 0 Å². The average Bonchev–Trinajstić information content (AvgIpc) is 2.44. The molecule has 18 heavy (non-hydrogen) atoms. The number of rotatable bonds is 1. The number of aromatic hydroxyl groups is 1. The molecule has 0 fully saturated rings. The van der Waals surface area contributed by atoms with Crippen molar-refractivity contribution in [3.05, 3.63) is 60.7 Å². The summed E-state index contributed by atoms with van der Waals surface area (Å²) in [5.74, 6) is 0.159. The maximum atomic E-state index is 10.2. The highest BCUT2D eigenvalue weighted by atomic mass is 16.3. The summed E-state index contributed by atoms with van der Waals surface area (Å²) in [5, 5.41) is 12.0. The highest BCUT2D eigenvalue weighted by Gasteiger charge is 2.10. The molecule has 0 saturated carbocycles. The number of fused-ring (bicyclic) bond motifs is 1. The van der Waals surface area contributed by atoms with E-state index in [-0.39, 0.29) is 5.75 Å². The van der Waals surface area contributed by atoms with Crippen LogP contribution in [0.3, 0.4) is 0 Å². The summed E-state index contributed by atoms with van der Waals surface area (Å²) >= 11 is 0. The van der Waals surface area contributed by atoms with Crippen molar-refractivity contribution in [2.45, 2.75) is 0 Å². The monoisotopic (exact) mass is 235 g/mol. The molecule has 0 aromatic heterocycles. The van der Waals surface area contributed by atoms with Crippen LogP contribution < -0.4 is 5.73 Å². The average molecular weight is 235 g/mol. The Labute approximate surface area is 105 Å².